The second-order valence-electron chi connectivity index (χ2n) is 3.46. The highest BCUT2D eigenvalue weighted by Gasteiger charge is 2.07. The highest BCUT2D eigenvalue weighted by molar-refractivity contribution is 6.03. The van der Waals surface area contributed by atoms with Crippen LogP contribution in [0.4, 0.5) is 10.1 Å². The fourth-order valence-electron chi connectivity index (χ4n) is 1.39. The van der Waals surface area contributed by atoms with Gasteiger partial charge in [-0.05, 0) is 30.7 Å². The van der Waals surface area contributed by atoms with Gasteiger partial charge in [0.1, 0.15) is 5.82 Å². The first kappa shape index (κ1) is 10.4. The van der Waals surface area contributed by atoms with Crippen LogP contribution < -0.4 is 5.32 Å². The first-order valence-corrected chi connectivity index (χ1v) is 4.72. The normalized spacial score (nSPS) is 10.1. The van der Waals surface area contributed by atoms with Crippen LogP contribution in [0.1, 0.15) is 15.9 Å². The highest BCUT2D eigenvalue weighted by atomic mass is 19.1. The fraction of sp³-hybridized carbons (Fsp3) is 0.0909. The molecule has 0 radical (unpaired) electrons. The third-order valence-corrected chi connectivity index (χ3v) is 2.06. The molecule has 0 bridgehead atoms. The van der Waals surface area contributed by atoms with Gasteiger partial charge in [-0.3, -0.25) is 9.89 Å². The van der Waals surface area contributed by atoms with Crippen LogP contribution >= 0.6 is 0 Å². The molecule has 1 aromatic heterocycles. The van der Waals surface area contributed by atoms with Crippen LogP contribution in [0.5, 0.6) is 0 Å². The lowest BCUT2D eigenvalue weighted by Crippen LogP contribution is -2.11. The number of carbonyl (C=O) groups excluding carboxylic acids is 1. The molecule has 0 aliphatic rings. The zero-order valence-electron chi connectivity index (χ0n) is 8.62. The molecule has 4 nitrogen and oxygen atoms in total. The van der Waals surface area contributed by atoms with Crippen molar-refractivity contribution in [3.8, 4) is 0 Å². The lowest BCUT2D eigenvalue weighted by molar-refractivity contribution is 0.102. The van der Waals surface area contributed by atoms with Crippen LogP contribution in [0.3, 0.4) is 0 Å². The molecule has 0 atom stereocenters. The summed E-state index contributed by atoms with van der Waals surface area (Å²) in [6.45, 7) is 1.76. The van der Waals surface area contributed by atoms with Crippen LogP contribution in [0, 0.1) is 12.7 Å². The van der Waals surface area contributed by atoms with Gasteiger partial charge < -0.3 is 5.32 Å². The molecule has 0 spiro atoms. The smallest absolute Gasteiger partial charge is 0.258 e. The number of anilines is 1. The van der Waals surface area contributed by atoms with Crippen molar-refractivity contribution in [3.05, 3.63) is 47.5 Å². The van der Waals surface area contributed by atoms with Gasteiger partial charge >= 0.3 is 0 Å². The number of halogens is 1. The third kappa shape index (κ3) is 2.25. The van der Waals surface area contributed by atoms with Crippen molar-refractivity contribution in [3.63, 3.8) is 0 Å². The number of aryl methyl sites for hydroxylation is 1. The minimum absolute atomic E-state index is 0.321. The minimum Gasteiger partial charge on any atom is -0.322 e. The van der Waals surface area contributed by atoms with Crippen LogP contribution in [0.25, 0.3) is 0 Å². The van der Waals surface area contributed by atoms with Crippen molar-refractivity contribution in [2.24, 2.45) is 0 Å². The van der Waals surface area contributed by atoms with Gasteiger partial charge in [0.15, 0.2) is 0 Å². The Hall–Kier alpha value is -2.17. The number of nitrogens with zero attached hydrogens (tertiary/aromatic N) is 1. The average Bonchev–Trinajstić information content (AvgIpc) is 2.68. The zero-order chi connectivity index (χ0) is 11.5. The van der Waals surface area contributed by atoms with Crippen LogP contribution in [0.2, 0.25) is 0 Å². The summed E-state index contributed by atoms with van der Waals surface area (Å²) in [5.74, 6) is -0.693. The molecule has 2 rings (SSSR count). The number of rotatable bonds is 2. The largest absolute Gasteiger partial charge is 0.322 e. The molecule has 82 valence electrons. The van der Waals surface area contributed by atoms with Gasteiger partial charge in [-0.2, -0.15) is 5.10 Å². The van der Waals surface area contributed by atoms with Crippen LogP contribution in [-0.4, -0.2) is 16.1 Å². The first-order valence-electron chi connectivity index (χ1n) is 4.72. The number of benzene rings is 1. The van der Waals surface area contributed by atoms with Gasteiger partial charge in [0, 0.05) is 11.9 Å². The number of hydrogen-bond donors (Lipinski definition) is 2. The molecule has 0 aliphatic heterocycles. The van der Waals surface area contributed by atoms with E-state index in [2.05, 4.69) is 15.5 Å². The predicted octanol–water partition coefficient (Wildman–Crippen LogP) is 2.11. The van der Waals surface area contributed by atoms with Crippen LogP contribution in [0.15, 0.2) is 30.6 Å². The van der Waals surface area contributed by atoms with Crippen molar-refractivity contribution in [2.45, 2.75) is 6.92 Å². The van der Waals surface area contributed by atoms with Crippen molar-refractivity contribution >= 4 is 11.6 Å². The molecule has 5 heteroatoms. The molecule has 1 heterocycles. The van der Waals surface area contributed by atoms with E-state index in [0.29, 0.717) is 11.3 Å². The number of aromatic nitrogens is 2. The lowest BCUT2D eigenvalue weighted by Gasteiger charge is -2.04. The van der Waals surface area contributed by atoms with E-state index in [1.165, 1.54) is 24.5 Å². The summed E-state index contributed by atoms with van der Waals surface area (Å²) in [5.41, 5.74) is 1.59. The first-order chi connectivity index (χ1) is 7.65. The maximum atomic E-state index is 13.1. The van der Waals surface area contributed by atoms with Crippen molar-refractivity contribution in [1.29, 1.82) is 0 Å². The molecular weight excluding hydrogens is 209 g/mol. The summed E-state index contributed by atoms with van der Waals surface area (Å²) in [7, 11) is 0. The fourth-order valence-corrected chi connectivity index (χ4v) is 1.39. The minimum atomic E-state index is -0.373. The van der Waals surface area contributed by atoms with E-state index in [0.717, 1.165) is 5.56 Å². The van der Waals surface area contributed by atoms with E-state index in [-0.39, 0.29) is 11.7 Å². The number of nitrogens with one attached hydrogen (secondary N) is 2. The predicted molar refractivity (Wildman–Crippen MR) is 57.7 cm³/mol. The third-order valence-electron chi connectivity index (χ3n) is 2.06. The summed E-state index contributed by atoms with van der Waals surface area (Å²) in [6.07, 6.45) is 2.88. The summed E-state index contributed by atoms with van der Waals surface area (Å²) >= 11 is 0. The summed E-state index contributed by atoms with van der Waals surface area (Å²) in [4.78, 5) is 11.6. The van der Waals surface area contributed by atoms with Crippen molar-refractivity contribution in [1.82, 2.24) is 10.2 Å². The molecular formula is C11H10FN3O. The van der Waals surface area contributed by atoms with E-state index >= 15 is 0 Å². The summed E-state index contributed by atoms with van der Waals surface area (Å²) in [5, 5.41) is 8.78. The molecule has 0 aliphatic carbocycles. The zero-order valence-corrected chi connectivity index (χ0v) is 8.62. The maximum Gasteiger partial charge on any atom is 0.258 e. The summed E-state index contributed by atoms with van der Waals surface area (Å²) < 4.78 is 13.1. The molecule has 1 aromatic carbocycles. The molecule has 0 saturated heterocycles. The second kappa shape index (κ2) is 4.14. The van der Waals surface area contributed by atoms with Gasteiger partial charge in [0.25, 0.3) is 5.91 Å². The van der Waals surface area contributed by atoms with E-state index < -0.39 is 0 Å². The Morgan fingerprint density at radius 2 is 2.25 bits per heavy atom. The van der Waals surface area contributed by atoms with E-state index in [1.54, 1.807) is 13.0 Å². The molecule has 0 saturated carbocycles. The van der Waals surface area contributed by atoms with Gasteiger partial charge in [-0.15, -0.1) is 0 Å². The van der Waals surface area contributed by atoms with Crippen LogP contribution in [-0.2, 0) is 0 Å². The average molecular weight is 219 g/mol. The number of amides is 1. The molecule has 0 unspecified atom stereocenters. The second-order valence-corrected chi connectivity index (χ2v) is 3.46. The standard InChI is InChI=1S/C11H10FN3O/c1-7-2-9(12)4-10(3-7)15-11(16)8-5-13-14-6-8/h2-6H,1H3,(H,13,14)(H,15,16). The quantitative estimate of drug-likeness (QED) is 0.812. The molecule has 1 amide bonds. The number of carbonyl (C=O) groups is 1. The van der Waals surface area contributed by atoms with Gasteiger partial charge in [-0.25, -0.2) is 4.39 Å². The lowest BCUT2D eigenvalue weighted by atomic mass is 10.2. The SMILES string of the molecule is Cc1cc(F)cc(NC(=O)c2cn[nH]c2)c1. The van der Waals surface area contributed by atoms with E-state index in [4.69, 9.17) is 0 Å². The Kier molecular flexibility index (Phi) is 2.68. The van der Waals surface area contributed by atoms with Crippen molar-refractivity contribution in [2.75, 3.05) is 5.32 Å². The monoisotopic (exact) mass is 219 g/mol. The van der Waals surface area contributed by atoms with Gasteiger partial charge in [-0.1, -0.05) is 0 Å². The number of aromatic amines is 1. The molecule has 16 heavy (non-hydrogen) atoms. The maximum absolute atomic E-state index is 13.1. The van der Waals surface area contributed by atoms with Crippen molar-refractivity contribution < 1.29 is 9.18 Å². The highest BCUT2D eigenvalue weighted by Crippen LogP contribution is 2.14. The molecule has 2 aromatic rings. The Morgan fingerprint density at radius 1 is 1.44 bits per heavy atom. The van der Waals surface area contributed by atoms with E-state index in [1.807, 2.05) is 0 Å². The Morgan fingerprint density at radius 3 is 2.88 bits per heavy atom. The topological polar surface area (TPSA) is 57.8 Å². The van der Waals surface area contributed by atoms with Gasteiger partial charge in [0.2, 0.25) is 0 Å². The Labute approximate surface area is 91.5 Å². The Bertz CT molecular complexity index is 488. The van der Waals surface area contributed by atoms with Gasteiger partial charge in [0.05, 0.1) is 11.8 Å². The molecule has 2 N–H and O–H groups in total. The molecule has 0 fully saturated rings. The number of H-pyrrole nitrogens is 1. The van der Waals surface area contributed by atoms with E-state index in [9.17, 15) is 9.18 Å². The number of hydrogen-bond acceptors (Lipinski definition) is 2. The Balaban J connectivity index is 2.18. The summed E-state index contributed by atoms with van der Waals surface area (Å²) in [6, 6.07) is 4.36.